The number of ether oxygens (including phenoxy) is 1. The van der Waals surface area contributed by atoms with E-state index in [0.717, 1.165) is 5.56 Å². The molecule has 0 atom stereocenters. The zero-order chi connectivity index (χ0) is 13.8. The second-order valence-electron chi connectivity index (χ2n) is 3.85. The summed E-state index contributed by atoms with van der Waals surface area (Å²) in [6, 6.07) is 10.3. The molecular formula is C14H9Cl3O2. The van der Waals surface area contributed by atoms with Crippen LogP contribution in [0.1, 0.15) is 15.9 Å². The third kappa shape index (κ3) is 3.63. The number of hydrogen-bond acceptors (Lipinski definition) is 2. The molecule has 0 unspecified atom stereocenters. The molecule has 2 nitrogen and oxygen atoms in total. The van der Waals surface area contributed by atoms with Gasteiger partial charge in [0.25, 0.3) is 0 Å². The molecule has 2 rings (SSSR count). The Kier molecular flexibility index (Phi) is 4.70. The van der Waals surface area contributed by atoms with E-state index in [-0.39, 0.29) is 0 Å². The zero-order valence-corrected chi connectivity index (χ0v) is 12.0. The molecule has 0 radical (unpaired) electrons. The smallest absolute Gasteiger partial charge is 0.157 e. The summed E-state index contributed by atoms with van der Waals surface area (Å²) in [6.45, 7) is 0.317. The summed E-state index contributed by atoms with van der Waals surface area (Å²) >= 11 is 17.8. The monoisotopic (exact) mass is 314 g/mol. The van der Waals surface area contributed by atoms with Gasteiger partial charge in [-0.3, -0.25) is 4.79 Å². The second-order valence-corrected chi connectivity index (χ2v) is 5.10. The molecule has 2 aromatic carbocycles. The number of carbonyl (C=O) groups is 1. The number of aldehydes is 1. The summed E-state index contributed by atoms with van der Waals surface area (Å²) < 4.78 is 5.57. The predicted octanol–water partition coefficient (Wildman–Crippen LogP) is 5.04. The molecule has 0 spiro atoms. The van der Waals surface area contributed by atoms with Crippen LogP contribution in [0.4, 0.5) is 0 Å². The number of rotatable bonds is 4. The van der Waals surface area contributed by atoms with Gasteiger partial charge in [-0.05, 0) is 29.8 Å². The largest absolute Gasteiger partial charge is 0.486 e. The average molecular weight is 316 g/mol. The lowest BCUT2D eigenvalue weighted by Gasteiger charge is -2.10. The summed E-state index contributed by atoms with van der Waals surface area (Å²) in [5, 5.41) is 1.28. The molecule has 0 saturated heterocycles. The Labute approximate surface area is 125 Å². The number of hydrogen-bond donors (Lipinski definition) is 0. The van der Waals surface area contributed by atoms with Gasteiger partial charge in [-0.1, -0.05) is 46.9 Å². The second kappa shape index (κ2) is 6.29. The van der Waals surface area contributed by atoms with Gasteiger partial charge < -0.3 is 4.74 Å². The van der Waals surface area contributed by atoms with Gasteiger partial charge >= 0.3 is 0 Å². The van der Waals surface area contributed by atoms with E-state index in [4.69, 9.17) is 39.5 Å². The Morgan fingerprint density at radius 1 is 1.00 bits per heavy atom. The molecule has 19 heavy (non-hydrogen) atoms. The maximum absolute atomic E-state index is 10.7. The lowest BCUT2D eigenvalue weighted by molar-refractivity contribution is 0.112. The zero-order valence-electron chi connectivity index (χ0n) is 9.70. The van der Waals surface area contributed by atoms with E-state index in [1.54, 1.807) is 12.1 Å². The van der Waals surface area contributed by atoms with Crippen molar-refractivity contribution in [1.29, 1.82) is 0 Å². The van der Waals surface area contributed by atoms with Crippen molar-refractivity contribution in [3.63, 3.8) is 0 Å². The van der Waals surface area contributed by atoms with Crippen molar-refractivity contribution < 1.29 is 9.53 Å². The van der Waals surface area contributed by atoms with Crippen molar-refractivity contribution in [3.05, 3.63) is 62.6 Å². The first-order valence-corrected chi connectivity index (χ1v) is 6.55. The highest BCUT2D eigenvalue weighted by Crippen LogP contribution is 2.34. The lowest BCUT2D eigenvalue weighted by Crippen LogP contribution is -1.97. The van der Waals surface area contributed by atoms with Crippen LogP contribution in [0.15, 0.2) is 36.4 Å². The molecule has 0 amide bonds. The Balaban J connectivity index is 2.15. The minimum atomic E-state index is 0.309. The molecule has 98 valence electrons. The van der Waals surface area contributed by atoms with E-state index in [2.05, 4.69) is 0 Å². The van der Waals surface area contributed by atoms with Gasteiger partial charge in [0.1, 0.15) is 12.9 Å². The number of carbonyl (C=O) groups excluding carboxylic acids is 1. The fraction of sp³-hybridized carbons (Fsp3) is 0.0714. The van der Waals surface area contributed by atoms with Crippen LogP contribution in [0.2, 0.25) is 15.1 Å². The first kappa shape index (κ1) is 14.2. The minimum absolute atomic E-state index is 0.309. The fourth-order valence-electron chi connectivity index (χ4n) is 1.52. The summed E-state index contributed by atoms with van der Waals surface area (Å²) in [5.74, 6) is 0.365. The quantitative estimate of drug-likeness (QED) is 0.739. The standard InChI is InChI=1S/C14H9Cl3O2/c15-11-3-1-9(2-4-11)8-19-14-12(16)5-10(7-18)6-13(14)17/h1-7H,8H2. The molecule has 0 aromatic heterocycles. The van der Waals surface area contributed by atoms with Crippen LogP contribution in [0, 0.1) is 0 Å². The molecule has 5 heteroatoms. The van der Waals surface area contributed by atoms with Crippen LogP contribution in [-0.2, 0) is 6.61 Å². The SMILES string of the molecule is O=Cc1cc(Cl)c(OCc2ccc(Cl)cc2)c(Cl)c1. The normalized spacial score (nSPS) is 10.3. The van der Waals surface area contributed by atoms with Crippen molar-refractivity contribution in [2.75, 3.05) is 0 Å². The molecule has 0 fully saturated rings. The fourth-order valence-corrected chi connectivity index (χ4v) is 2.26. The van der Waals surface area contributed by atoms with Crippen LogP contribution >= 0.6 is 34.8 Å². The van der Waals surface area contributed by atoms with Crippen LogP contribution in [-0.4, -0.2) is 6.29 Å². The van der Waals surface area contributed by atoms with Crippen LogP contribution in [0.25, 0.3) is 0 Å². The third-order valence-electron chi connectivity index (χ3n) is 2.45. The van der Waals surface area contributed by atoms with Crippen molar-refractivity contribution in [3.8, 4) is 5.75 Å². The number of benzene rings is 2. The van der Waals surface area contributed by atoms with Crippen molar-refractivity contribution in [2.45, 2.75) is 6.61 Å². The molecular weight excluding hydrogens is 307 g/mol. The van der Waals surface area contributed by atoms with Gasteiger partial charge in [-0.25, -0.2) is 0 Å². The summed E-state index contributed by atoms with van der Waals surface area (Å²) in [7, 11) is 0. The highest BCUT2D eigenvalue weighted by molar-refractivity contribution is 6.37. The van der Waals surface area contributed by atoms with Crippen LogP contribution < -0.4 is 4.74 Å². The van der Waals surface area contributed by atoms with Gasteiger partial charge in [0.15, 0.2) is 5.75 Å². The molecule has 2 aromatic rings. The van der Waals surface area contributed by atoms with Gasteiger partial charge in [0.05, 0.1) is 10.0 Å². The molecule has 0 saturated carbocycles. The van der Waals surface area contributed by atoms with Crippen LogP contribution in [0.5, 0.6) is 5.75 Å². The van der Waals surface area contributed by atoms with Crippen LogP contribution in [0.3, 0.4) is 0 Å². The van der Waals surface area contributed by atoms with Gasteiger partial charge in [0, 0.05) is 10.6 Å². The summed E-state index contributed by atoms with van der Waals surface area (Å²) in [5.41, 5.74) is 1.35. The first-order chi connectivity index (χ1) is 9.10. The molecule has 0 aliphatic heterocycles. The topological polar surface area (TPSA) is 26.3 Å². The Hall–Kier alpha value is -1.22. The van der Waals surface area contributed by atoms with E-state index >= 15 is 0 Å². The summed E-state index contributed by atoms with van der Waals surface area (Å²) in [6.07, 6.45) is 0.681. The summed E-state index contributed by atoms with van der Waals surface area (Å²) in [4.78, 5) is 10.7. The van der Waals surface area contributed by atoms with Gasteiger partial charge in [0.2, 0.25) is 0 Å². The van der Waals surface area contributed by atoms with Gasteiger partial charge in [-0.2, -0.15) is 0 Å². The minimum Gasteiger partial charge on any atom is -0.486 e. The molecule has 0 bridgehead atoms. The highest BCUT2D eigenvalue weighted by atomic mass is 35.5. The molecule has 0 N–H and O–H groups in total. The Bertz CT molecular complexity index is 571. The van der Waals surface area contributed by atoms with E-state index in [1.807, 2.05) is 12.1 Å². The van der Waals surface area contributed by atoms with E-state index in [0.29, 0.717) is 39.3 Å². The maximum atomic E-state index is 10.7. The number of halogens is 3. The molecule has 0 aliphatic carbocycles. The molecule has 0 heterocycles. The Morgan fingerprint density at radius 3 is 2.11 bits per heavy atom. The molecule has 0 aliphatic rings. The Morgan fingerprint density at radius 2 is 1.58 bits per heavy atom. The highest BCUT2D eigenvalue weighted by Gasteiger charge is 2.09. The van der Waals surface area contributed by atoms with E-state index in [1.165, 1.54) is 12.1 Å². The van der Waals surface area contributed by atoms with E-state index in [9.17, 15) is 4.79 Å². The average Bonchev–Trinajstić information content (AvgIpc) is 2.39. The third-order valence-corrected chi connectivity index (χ3v) is 3.27. The maximum Gasteiger partial charge on any atom is 0.157 e. The van der Waals surface area contributed by atoms with Crippen molar-refractivity contribution >= 4 is 41.1 Å². The first-order valence-electron chi connectivity index (χ1n) is 5.41. The van der Waals surface area contributed by atoms with Crippen molar-refractivity contribution in [2.24, 2.45) is 0 Å². The van der Waals surface area contributed by atoms with E-state index < -0.39 is 0 Å². The lowest BCUT2D eigenvalue weighted by atomic mass is 10.2. The predicted molar refractivity (Wildman–Crippen MR) is 77.6 cm³/mol. The van der Waals surface area contributed by atoms with Crippen molar-refractivity contribution in [1.82, 2.24) is 0 Å². The van der Waals surface area contributed by atoms with Gasteiger partial charge in [-0.15, -0.1) is 0 Å².